The average molecular weight is 497 g/mol. The standard InChI is InChI=1S/C28H25FN6O2/c1-16(18-4-3-5-21(29)12-18)30-27(37)23-15-34(2)24-10-8-19(13-22(23)24)20-9-11-25-31-28(33-35(25)14-20)32-26(36)17-6-7-17/h3-5,8-17H,6-7H2,1-2H3,(H,30,37)(H,32,33,36)/t16-/m0/s1. The fourth-order valence-electron chi connectivity index (χ4n) is 4.55. The number of benzene rings is 2. The Kier molecular flexibility index (Phi) is 5.48. The van der Waals surface area contributed by atoms with Crippen molar-refractivity contribution >= 4 is 34.3 Å². The van der Waals surface area contributed by atoms with Crippen molar-refractivity contribution in [3.8, 4) is 11.1 Å². The van der Waals surface area contributed by atoms with Gasteiger partial charge in [0.15, 0.2) is 5.65 Å². The number of carbonyl (C=O) groups excluding carboxylic acids is 2. The zero-order valence-corrected chi connectivity index (χ0v) is 20.4. The van der Waals surface area contributed by atoms with Crippen LogP contribution >= 0.6 is 0 Å². The van der Waals surface area contributed by atoms with E-state index in [0.717, 1.165) is 34.9 Å². The lowest BCUT2D eigenvalue weighted by Gasteiger charge is -2.14. The number of anilines is 1. The van der Waals surface area contributed by atoms with Crippen LogP contribution in [0.4, 0.5) is 10.3 Å². The summed E-state index contributed by atoms with van der Waals surface area (Å²) in [5, 5.41) is 11.0. The van der Waals surface area contributed by atoms with E-state index in [4.69, 9.17) is 0 Å². The molecular formula is C28H25FN6O2. The molecule has 8 nitrogen and oxygen atoms in total. The molecule has 0 aliphatic heterocycles. The first kappa shape index (κ1) is 22.9. The highest BCUT2D eigenvalue weighted by molar-refractivity contribution is 6.08. The third kappa shape index (κ3) is 4.44. The fraction of sp³-hybridized carbons (Fsp3) is 0.214. The maximum absolute atomic E-state index is 13.6. The number of rotatable bonds is 6. The molecule has 0 radical (unpaired) electrons. The predicted octanol–water partition coefficient (Wildman–Crippen LogP) is 4.87. The summed E-state index contributed by atoms with van der Waals surface area (Å²) in [6.45, 7) is 1.83. The van der Waals surface area contributed by atoms with Gasteiger partial charge in [-0.2, -0.15) is 4.98 Å². The molecule has 1 saturated carbocycles. The van der Waals surface area contributed by atoms with Gasteiger partial charge in [0, 0.05) is 41.8 Å². The van der Waals surface area contributed by atoms with Crippen LogP contribution in [0.25, 0.3) is 27.7 Å². The monoisotopic (exact) mass is 496 g/mol. The van der Waals surface area contributed by atoms with Crippen molar-refractivity contribution < 1.29 is 14.0 Å². The van der Waals surface area contributed by atoms with Crippen LogP contribution in [-0.4, -0.2) is 31.0 Å². The van der Waals surface area contributed by atoms with E-state index in [9.17, 15) is 14.0 Å². The number of hydrogen-bond acceptors (Lipinski definition) is 4. The largest absolute Gasteiger partial charge is 0.350 e. The van der Waals surface area contributed by atoms with Crippen LogP contribution < -0.4 is 10.6 Å². The highest BCUT2D eigenvalue weighted by Crippen LogP contribution is 2.30. The quantitative estimate of drug-likeness (QED) is 0.351. The molecular weight excluding hydrogens is 471 g/mol. The first-order chi connectivity index (χ1) is 17.9. The van der Waals surface area contributed by atoms with E-state index in [-0.39, 0.29) is 29.6 Å². The van der Waals surface area contributed by atoms with Crippen LogP contribution in [0.2, 0.25) is 0 Å². The molecule has 5 aromatic rings. The van der Waals surface area contributed by atoms with Crippen molar-refractivity contribution in [1.82, 2.24) is 24.5 Å². The molecule has 0 unspecified atom stereocenters. The second-order valence-corrected chi connectivity index (χ2v) is 9.56. The second kappa shape index (κ2) is 8.85. The van der Waals surface area contributed by atoms with Crippen LogP contribution in [0.5, 0.6) is 0 Å². The van der Waals surface area contributed by atoms with Crippen molar-refractivity contribution in [2.24, 2.45) is 13.0 Å². The van der Waals surface area contributed by atoms with Gasteiger partial charge in [-0.05, 0) is 67.3 Å². The molecule has 3 heterocycles. The number of hydrogen-bond donors (Lipinski definition) is 2. The van der Waals surface area contributed by atoms with Crippen LogP contribution in [0.1, 0.15) is 41.7 Å². The molecule has 9 heteroatoms. The number of carbonyl (C=O) groups is 2. The number of aryl methyl sites for hydroxylation is 1. The van der Waals surface area contributed by atoms with E-state index < -0.39 is 0 Å². The Morgan fingerprint density at radius 3 is 2.65 bits per heavy atom. The third-order valence-corrected chi connectivity index (χ3v) is 6.78. The van der Waals surface area contributed by atoms with Gasteiger partial charge in [0.1, 0.15) is 5.82 Å². The van der Waals surface area contributed by atoms with Gasteiger partial charge in [0.25, 0.3) is 5.91 Å². The highest BCUT2D eigenvalue weighted by atomic mass is 19.1. The number of amides is 2. The molecule has 1 fully saturated rings. The number of fused-ring (bicyclic) bond motifs is 2. The Balaban J connectivity index is 1.29. The number of aromatic nitrogens is 4. The molecule has 2 amide bonds. The molecule has 1 atom stereocenters. The number of nitrogens with one attached hydrogen (secondary N) is 2. The molecule has 1 aliphatic rings. The Morgan fingerprint density at radius 2 is 1.86 bits per heavy atom. The summed E-state index contributed by atoms with van der Waals surface area (Å²) in [5.74, 6) is -0.248. The first-order valence-electron chi connectivity index (χ1n) is 12.2. The zero-order valence-electron chi connectivity index (χ0n) is 20.4. The van der Waals surface area contributed by atoms with E-state index in [2.05, 4.69) is 20.7 Å². The minimum atomic E-state index is -0.356. The lowest BCUT2D eigenvalue weighted by atomic mass is 10.0. The Morgan fingerprint density at radius 1 is 1.05 bits per heavy atom. The van der Waals surface area contributed by atoms with E-state index in [1.54, 1.807) is 22.8 Å². The number of nitrogens with zero attached hydrogens (tertiary/aromatic N) is 4. The fourth-order valence-corrected chi connectivity index (χ4v) is 4.55. The smallest absolute Gasteiger partial charge is 0.253 e. The summed E-state index contributed by atoms with van der Waals surface area (Å²) in [6.07, 6.45) is 5.48. The maximum atomic E-state index is 13.6. The number of pyridine rings is 1. The van der Waals surface area contributed by atoms with Crippen LogP contribution in [0.15, 0.2) is 67.0 Å². The first-order valence-corrected chi connectivity index (χ1v) is 12.2. The molecule has 0 spiro atoms. The Bertz CT molecular complexity index is 1680. The molecule has 0 saturated heterocycles. The summed E-state index contributed by atoms with van der Waals surface area (Å²) < 4.78 is 17.2. The normalized spacial score (nSPS) is 14.1. The number of halogens is 1. The molecule has 2 aromatic carbocycles. The van der Waals surface area contributed by atoms with Crippen molar-refractivity contribution in [2.75, 3.05) is 5.32 Å². The van der Waals surface area contributed by atoms with E-state index in [1.807, 2.05) is 55.1 Å². The van der Waals surface area contributed by atoms with E-state index >= 15 is 0 Å². The molecule has 37 heavy (non-hydrogen) atoms. The summed E-state index contributed by atoms with van der Waals surface area (Å²) in [7, 11) is 1.90. The Labute approximate surface area is 212 Å². The Hall–Kier alpha value is -4.53. The third-order valence-electron chi connectivity index (χ3n) is 6.78. The van der Waals surface area contributed by atoms with Crippen LogP contribution in [-0.2, 0) is 11.8 Å². The highest BCUT2D eigenvalue weighted by Gasteiger charge is 2.30. The minimum Gasteiger partial charge on any atom is -0.350 e. The lowest BCUT2D eigenvalue weighted by molar-refractivity contribution is -0.117. The van der Waals surface area contributed by atoms with Gasteiger partial charge in [-0.3, -0.25) is 14.9 Å². The van der Waals surface area contributed by atoms with Crippen molar-refractivity contribution in [3.05, 3.63) is 83.9 Å². The summed E-state index contributed by atoms with van der Waals surface area (Å²) in [6, 6.07) is 15.6. The summed E-state index contributed by atoms with van der Waals surface area (Å²) >= 11 is 0. The summed E-state index contributed by atoms with van der Waals surface area (Å²) in [5.41, 5.74) is 4.58. The minimum absolute atomic E-state index is 0.0387. The maximum Gasteiger partial charge on any atom is 0.253 e. The molecule has 0 bridgehead atoms. The van der Waals surface area contributed by atoms with Gasteiger partial charge >= 0.3 is 0 Å². The predicted molar refractivity (Wildman–Crippen MR) is 139 cm³/mol. The lowest BCUT2D eigenvalue weighted by Crippen LogP contribution is -2.26. The van der Waals surface area contributed by atoms with E-state index in [1.165, 1.54) is 12.1 Å². The molecule has 1 aliphatic carbocycles. The van der Waals surface area contributed by atoms with Crippen molar-refractivity contribution in [3.63, 3.8) is 0 Å². The van der Waals surface area contributed by atoms with Gasteiger partial charge in [0.2, 0.25) is 11.9 Å². The van der Waals surface area contributed by atoms with Gasteiger partial charge in [-0.15, -0.1) is 5.10 Å². The topological polar surface area (TPSA) is 93.3 Å². The van der Waals surface area contributed by atoms with Crippen LogP contribution in [0.3, 0.4) is 0 Å². The molecule has 3 aromatic heterocycles. The van der Waals surface area contributed by atoms with Gasteiger partial charge in [0.05, 0.1) is 11.6 Å². The zero-order chi connectivity index (χ0) is 25.7. The van der Waals surface area contributed by atoms with Crippen molar-refractivity contribution in [1.29, 1.82) is 0 Å². The van der Waals surface area contributed by atoms with Gasteiger partial charge in [-0.25, -0.2) is 8.91 Å². The molecule has 6 rings (SSSR count). The summed E-state index contributed by atoms with van der Waals surface area (Å²) in [4.78, 5) is 29.7. The second-order valence-electron chi connectivity index (χ2n) is 9.56. The SMILES string of the molecule is C[C@H](NC(=O)c1cn(C)c2ccc(-c3ccc4nc(NC(=O)C5CC5)nn4c3)cc12)c1cccc(F)c1. The molecule has 186 valence electrons. The molecule has 2 N–H and O–H groups in total. The average Bonchev–Trinajstić information content (AvgIpc) is 3.59. The van der Waals surface area contributed by atoms with E-state index in [0.29, 0.717) is 22.7 Å². The van der Waals surface area contributed by atoms with Gasteiger partial charge < -0.3 is 9.88 Å². The van der Waals surface area contributed by atoms with Crippen molar-refractivity contribution in [2.45, 2.75) is 25.8 Å². The van der Waals surface area contributed by atoms with Gasteiger partial charge in [-0.1, -0.05) is 18.2 Å². The van der Waals surface area contributed by atoms with Crippen LogP contribution in [0, 0.1) is 11.7 Å².